The molecule has 0 radical (unpaired) electrons. The molecule has 2 aromatic carbocycles. The van der Waals surface area contributed by atoms with Crippen molar-refractivity contribution in [1.29, 1.82) is 0 Å². The average molecular weight is 418 g/mol. The molecule has 2 heterocycles. The number of hydrogen-bond donors (Lipinski definition) is 2. The third kappa shape index (κ3) is 3.60. The minimum absolute atomic E-state index is 0.00352. The first kappa shape index (κ1) is 20.2. The lowest BCUT2D eigenvalue weighted by Gasteiger charge is -2.35. The molecule has 4 rings (SSSR count). The Morgan fingerprint density at radius 3 is 2.53 bits per heavy atom. The fourth-order valence-electron chi connectivity index (χ4n) is 3.99. The van der Waals surface area contributed by atoms with Crippen LogP contribution >= 0.6 is 0 Å². The Balaban J connectivity index is 1.42. The molecule has 1 aromatic heterocycles. The molecule has 1 atom stereocenters. The molecule has 2 N–H and O–H groups in total. The molecule has 1 fully saturated rings. The van der Waals surface area contributed by atoms with Gasteiger partial charge in [0.2, 0.25) is 5.91 Å². The maximum Gasteiger partial charge on any atom is 0.326 e. The molecule has 9 heteroatoms. The molecule has 0 unspecified atom stereocenters. The van der Waals surface area contributed by atoms with E-state index in [1.165, 1.54) is 0 Å². The first-order valence-electron chi connectivity index (χ1n) is 9.74. The molecule has 1 saturated heterocycles. The van der Waals surface area contributed by atoms with Gasteiger partial charge < -0.3 is 10.3 Å². The Morgan fingerprint density at radius 1 is 1.10 bits per heavy atom. The number of amides is 1. The molecule has 1 amide bonds. The molecule has 6 nitrogen and oxygen atoms in total. The van der Waals surface area contributed by atoms with E-state index in [0.717, 1.165) is 23.2 Å². The number of H-pyrrole nitrogens is 1. The molecule has 1 aliphatic rings. The second-order valence-electron chi connectivity index (χ2n) is 7.47. The summed E-state index contributed by atoms with van der Waals surface area (Å²) >= 11 is 0. The van der Waals surface area contributed by atoms with E-state index in [0.29, 0.717) is 25.9 Å². The number of rotatable bonds is 4. The van der Waals surface area contributed by atoms with Gasteiger partial charge in [0, 0.05) is 19.1 Å². The summed E-state index contributed by atoms with van der Waals surface area (Å²) in [7, 11) is 0. The van der Waals surface area contributed by atoms with Gasteiger partial charge in [-0.1, -0.05) is 12.1 Å². The number of hydrogen-bond acceptors (Lipinski definition) is 3. The normalized spacial score (nSPS) is 16.7. The summed E-state index contributed by atoms with van der Waals surface area (Å²) in [6.45, 7) is 2.79. The highest BCUT2D eigenvalue weighted by molar-refractivity contribution is 5.94. The Labute approximate surface area is 170 Å². The van der Waals surface area contributed by atoms with Crippen LogP contribution < -0.4 is 11.0 Å². The zero-order valence-electron chi connectivity index (χ0n) is 16.3. The van der Waals surface area contributed by atoms with Crippen LogP contribution in [0.2, 0.25) is 0 Å². The smallest absolute Gasteiger partial charge is 0.322 e. The monoisotopic (exact) mass is 418 g/mol. The number of halogens is 3. The van der Waals surface area contributed by atoms with Gasteiger partial charge in [-0.05, 0) is 44.0 Å². The second-order valence-corrected chi connectivity index (χ2v) is 7.47. The number of carbonyl (C=O) groups is 1. The second kappa shape index (κ2) is 7.98. The number of benzene rings is 2. The van der Waals surface area contributed by atoms with E-state index in [2.05, 4.69) is 10.3 Å². The lowest BCUT2D eigenvalue weighted by atomic mass is 10.0. The van der Waals surface area contributed by atoms with Crippen molar-refractivity contribution in [1.82, 2.24) is 14.5 Å². The van der Waals surface area contributed by atoms with Crippen molar-refractivity contribution < 1.29 is 18.0 Å². The SMILES string of the molecule is C[C@H](C(=O)Nc1ccc(F)c(F)c1F)N1CCC(n2c(=O)[nH]c3ccccc32)CC1. The molecule has 0 aliphatic carbocycles. The van der Waals surface area contributed by atoms with Crippen molar-refractivity contribution >= 4 is 22.6 Å². The van der Waals surface area contributed by atoms with Crippen molar-refractivity contribution in [3.8, 4) is 0 Å². The van der Waals surface area contributed by atoms with Crippen LogP contribution in [-0.2, 0) is 4.79 Å². The minimum Gasteiger partial charge on any atom is -0.322 e. The van der Waals surface area contributed by atoms with E-state index in [-0.39, 0.29) is 11.7 Å². The van der Waals surface area contributed by atoms with Crippen LogP contribution in [0.3, 0.4) is 0 Å². The fourth-order valence-corrected chi connectivity index (χ4v) is 3.99. The fraction of sp³-hybridized carbons (Fsp3) is 0.333. The van der Waals surface area contributed by atoms with Crippen molar-refractivity contribution in [3.05, 3.63) is 64.3 Å². The number of fused-ring (bicyclic) bond motifs is 1. The van der Waals surface area contributed by atoms with Crippen LogP contribution in [0.1, 0.15) is 25.8 Å². The third-order valence-corrected chi connectivity index (χ3v) is 5.71. The first-order valence-corrected chi connectivity index (χ1v) is 9.74. The standard InChI is InChI=1S/C21H21F3N4O2/c1-12(20(29)25-16-7-6-14(22)18(23)19(16)24)27-10-8-13(9-11-27)28-17-5-3-2-4-15(17)26-21(28)30/h2-7,12-13H,8-11H2,1H3,(H,25,29)(H,26,30)/t12-/m1/s1. The van der Waals surface area contributed by atoms with Gasteiger partial charge in [-0.2, -0.15) is 0 Å². The molecular weight excluding hydrogens is 397 g/mol. The van der Waals surface area contributed by atoms with Gasteiger partial charge in [-0.3, -0.25) is 14.3 Å². The Hall–Kier alpha value is -3.07. The summed E-state index contributed by atoms with van der Waals surface area (Å²) in [6, 6.07) is 8.66. The summed E-state index contributed by atoms with van der Waals surface area (Å²) in [5.41, 5.74) is 1.08. The summed E-state index contributed by atoms with van der Waals surface area (Å²) in [4.78, 5) is 29.7. The van der Waals surface area contributed by atoms with Gasteiger partial charge in [-0.25, -0.2) is 18.0 Å². The molecule has 3 aromatic rings. The molecule has 1 aliphatic heterocycles. The first-order chi connectivity index (χ1) is 14.4. The van der Waals surface area contributed by atoms with Gasteiger partial charge in [0.05, 0.1) is 22.8 Å². The molecular formula is C21H21F3N4O2. The zero-order chi connectivity index (χ0) is 21.4. The van der Waals surface area contributed by atoms with Crippen LogP contribution in [0.4, 0.5) is 18.9 Å². The number of aromatic nitrogens is 2. The van der Waals surface area contributed by atoms with Gasteiger partial charge in [-0.15, -0.1) is 0 Å². The third-order valence-electron chi connectivity index (χ3n) is 5.71. The summed E-state index contributed by atoms with van der Waals surface area (Å²) in [5.74, 6) is -4.87. The minimum atomic E-state index is -1.62. The maximum atomic E-state index is 13.8. The summed E-state index contributed by atoms with van der Waals surface area (Å²) in [6.07, 6.45) is 1.33. The van der Waals surface area contributed by atoms with E-state index < -0.39 is 35.1 Å². The molecule has 30 heavy (non-hydrogen) atoms. The highest BCUT2D eigenvalue weighted by Gasteiger charge is 2.29. The number of nitrogens with one attached hydrogen (secondary N) is 2. The Kier molecular flexibility index (Phi) is 5.38. The Bertz CT molecular complexity index is 1150. The molecule has 158 valence electrons. The van der Waals surface area contributed by atoms with E-state index in [4.69, 9.17) is 0 Å². The van der Waals surface area contributed by atoms with Crippen molar-refractivity contribution in [2.24, 2.45) is 0 Å². The number of anilines is 1. The largest absolute Gasteiger partial charge is 0.326 e. The van der Waals surface area contributed by atoms with Crippen molar-refractivity contribution in [3.63, 3.8) is 0 Å². The maximum absolute atomic E-state index is 13.8. The topological polar surface area (TPSA) is 70.1 Å². The number of imidazole rings is 1. The summed E-state index contributed by atoms with van der Waals surface area (Å²) < 4.78 is 42.0. The van der Waals surface area contributed by atoms with E-state index >= 15 is 0 Å². The molecule has 0 spiro atoms. The van der Waals surface area contributed by atoms with Crippen LogP contribution in [0, 0.1) is 17.5 Å². The highest BCUT2D eigenvalue weighted by Crippen LogP contribution is 2.26. The number of likely N-dealkylation sites (tertiary alicyclic amines) is 1. The van der Waals surface area contributed by atoms with Crippen LogP contribution in [0.25, 0.3) is 11.0 Å². The van der Waals surface area contributed by atoms with Crippen molar-refractivity contribution in [2.75, 3.05) is 18.4 Å². The number of piperidine rings is 1. The van der Waals surface area contributed by atoms with Gasteiger partial charge in [0.1, 0.15) is 0 Å². The quantitative estimate of drug-likeness (QED) is 0.638. The van der Waals surface area contributed by atoms with Crippen LogP contribution in [-0.4, -0.2) is 39.5 Å². The highest BCUT2D eigenvalue weighted by atomic mass is 19.2. The predicted octanol–water partition coefficient (Wildman–Crippen LogP) is 3.41. The molecule has 0 saturated carbocycles. The average Bonchev–Trinajstić information content (AvgIpc) is 3.09. The lowest BCUT2D eigenvalue weighted by molar-refractivity contribution is -0.121. The number of carbonyl (C=O) groups excluding carboxylic acids is 1. The predicted molar refractivity (Wildman–Crippen MR) is 107 cm³/mol. The van der Waals surface area contributed by atoms with Crippen LogP contribution in [0.15, 0.2) is 41.2 Å². The number of nitrogens with zero attached hydrogens (tertiary/aromatic N) is 2. The molecule has 0 bridgehead atoms. The summed E-state index contributed by atoms with van der Waals surface area (Å²) in [5, 5.41) is 2.32. The van der Waals surface area contributed by atoms with Crippen molar-refractivity contribution in [2.45, 2.75) is 31.8 Å². The van der Waals surface area contributed by atoms with Gasteiger partial charge in [0.25, 0.3) is 0 Å². The number of aromatic amines is 1. The van der Waals surface area contributed by atoms with Gasteiger partial charge >= 0.3 is 5.69 Å². The van der Waals surface area contributed by atoms with E-state index in [1.54, 1.807) is 11.5 Å². The van der Waals surface area contributed by atoms with Gasteiger partial charge in [0.15, 0.2) is 17.5 Å². The lowest BCUT2D eigenvalue weighted by Crippen LogP contribution is -2.47. The van der Waals surface area contributed by atoms with Crippen LogP contribution in [0.5, 0.6) is 0 Å². The Morgan fingerprint density at radius 2 is 1.80 bits per heavy atom. The number of para-hydroxylation sites is 2. The zero-order valence-corrected chi connectivity index (χ0v) is 16.3. The van der Waals surface area contributed by atoms with E-state index in [9.17, 15) is 22.8 Å². The van der Waals surface area contributed by atoms with E-state index in [1.807, 2.05) is 29.2 Å².